The van der Waals surface area contributed by atoms with Crippen molar-refractivity contribution in [1.82, 2.24) is 25.6 Å². The summed E-state index contributed by atoms with van der Waals surface area (Å²) in [5, 5.41) is 17.4. The molecule has 0 bridgehead atoms. The summed E-state index contributed by atoms with van der Waals surface area (Å²) >= 11 is 0. The first-order valence-electron chi connectivity index (χ1n) is 2.98. The van der Waals surface area contributed by atoms with Crippen LogP contribution in [0.2, 0.25) is 0 Å². The van der Waals surface area contributed by atoms with E-state index in [1.165, 1.54) is 13.3 Å². The lowest BCUT2D eigenvalue weighted by molar-refractivity contribution is 0.396. The highest BCUT2D eigenvalue weighted by Crippen LogP contribution is 2.14. The molecule has 0 aromatic carbocycles. The average Bonchev–Trinajstić information content (AvgIpc) is 2.50. The van der Waals surface area contributed by atoms with Gasteiger partial charge in [-0.15, -0.1) is 5.10 Å². The number of aromatic amines is 1. The molecule has 2 rings (SSSR count). The summed E-state index contributed by atoms with van der Waals surface area (Å²) in [5.74, 6) is 0.385. The van der Waals surface area contributed by atoms with Crippen molar-refractivity contribution in [3.63, 3.8) is 0 Å². The summed E-state index contributed by atoms with van der Waals surface area (Å²) in [5.41, 5.74) is 1.25. The molecule has 2 aromatic rings. The number of fused-ring (bicyclic) bond motifs is 1. The third kappa shape index (κ3) is 0.794. The largest absolute Gasteiger partial charge is 0.478 e. The normalized spacial score (nSPS) is 10.3. The number of H-pyrrole nitrogens is 1. The van der Waals surface area contributed by atoms with Gasteiger partial charge in [0.05, 0.1) is 13.3 Å². The van der Waals surface area contributed by atoms with Crippen LogP contribution >= 0.6 is 0 Å². The van der Waals surface area contributed by atoms with Crippen LogP contribution in [0.3, 0.4) is 0 Å². The third-order valence-corrected chi connectivity index (χ3v) is 1.30. The zero-order valence-electron chi connectivity index (χ0n) is 5.77. The lowest BCUT2D eigenvalue weighted by Crippen LogP contribution is -1.90. The van der Waals surface area contributed by atoms with E-state index in [0.29, 0.717) is 16.9 Å². The van der Waals surface area contributed by atoms with Crippen LogP contribution in [0.4, 0.5) is 0 Å². The van der Waals surface area contributed by atoms with Crippen LogP contribution in [-0.2, 0) is 0 Å². The fourth-order valence-corrected chi connectivity index (χ4v) is 0.807. The summed E-state index contributed by atoms with van der Waals surface area (Å²) in [6.07, 6.45) is 1.52. The minimum Gasteiger partial charge on any atom is -0.478 e. The highest BCUT2D eigenvalue weighted by atomic mass is 16.5. The van der Waals surface area contributed by atoms with Gasteiger partial charge in [0, 0.05) is 0 Å². The number of nitrogens with one attached hydrogen (secondary N) is 1. The molecule has 0 atom stereocenters. The molecular weight excluding hydrogens is 146 g/mol. The Labute approximate surface area is 61.6 Å². The quantitative estimate of drug-likeness (QED) is 0.608. The Bertz CT molecular complexity index is 370. The molecule has 2 aromatic heterocycles. The van der Waals surface area contributed by atoms with Gasteiger partial charge in [0.1, 0.15) is 5.52 Å². The van der Waals surface area contributed by atoms with Crippen LogP contribution in [0.15, 0.2) is 6.20 Å². The number of aromatic nitrogens is 5. The second-order valence-electron chi connectivity index (χ2n) is 1.91. The molecule has 0 aliphatic carbocycles. The van der Waals surface area contributed by atoms with E-state index in [1.807, 2.05) is 0 Å². The van der Waals surface area contributed by atoms with Gasteiger partial charge in [-0.2, -0.15) is 20.5 Å². The van der Waals surface area contributed by atoms with Crippen molar-refractivity contribution in [2.45, 2.75) is 0 Å². The molecule has 2 heterocycles. The van der Waals surface area contributed by atoms with E-state index in [1.54, 1.807) is 0 Å². The molecule has 11 heavy (non-hydrogen) atoms. The van der Waals surface area contributed by atoms with Crippen LogP contribution in [-0.4, -0.2) is 32.7 Å². The topological polar surface area (TPSA) is 76.6 Å². The summed E-state index contributed by atoms with van der Waals surface area (Å²) in [6, 6.07) is 0. The first kappa shape index (κ1) is 6.02. The lowest BCUT2D eigenvalue weighted by Gasteiger charge is -1.93. The van der Waals surface area contributed by atoms with E-state index in [-0.39, 0.29) is 0 Å². The van der Waals surface area contributed by atoms with Gasteiger partial charge >= 0.3 is 0 Å². The van der Waals surface area contributed by atoms with Gasteiger partial charge in [0.2, 0.25) is 0 Å². The maximum atomic E-state index is 4.89. The lowest BCUT2D eigenvalue weighted by atomic mass is 10.5. The summed E-state index contributed by atoms with van der Waals surface area (Å²) < 4.78 is 4.89. The van der Waals surface area contributed by atoms with Crippen molar-refractivity contribution in [1.29, 1.82) is 0 Å². The Morgan fingerprint density at radius 1 is 1.45 bits per heavy atom. The maximum absolute atomic E-state index is 4.89. The summed E-state index contributed by atoms with van der Waals surface area (Å²) in [7, 11) is 1.51. The van der Waals surface area contributed by atoms with Gasteiger partial charge in [-0.25, -0.2) is 0 Å². The minimum absolute atomic E-state index is 0.385. The number of nitrogens with zero attached hydrogens (tertiary/aromatic N) is 4. The first-order chi connectivity index (χ1) is 5.42. The molecule has 6 heteroatoms. The maximum Gasteiger partial charge on any atom is 0.263 e. The van der Waals surface area contributed by atoms with Gasteiger partial charge < -0.3 is 4.74 Å². The van der Waals surface area contributed by atoms with Crippen molar-refractivity contribution < 1.29 is 4.74 Å². The molecule has 0 aliphatic rings. The minimum atomic E-state index is 0.385. The Kier molecular flexibility index (Phi) is 1.18. The van der Waals surface area contributed by atoms with E-state index < -0.39 is 0 Å². The number of rotatable bonds is 1. The molecular formula is C5H5N5O. The average molecular weight is 151 g/mol. The first-order valence-corrected chi connectivity index (χ1v) is 2.98. The molecule has 6 nitrogen and oxygen atoms in total. The highest BCUT2D eigenvalue weighted by molar-refractivity contribution is 5.76. The van der Waals surface area contributed by atoms with Gasteiger partial charge in [-0.3, -0.25) is 0 Å². The van der Waals surface area contributed by atoms with Crippen LogP contribution in [0.1, 0.15) is 0 Å². The summed E-state index contributed by atoms with van der Waals surface area (Å²) in [4.78, 5) is 0. The van der Waals surface area contributed by atoms with E-state index in [9.17, 15) is 0 Å². The molecule has 0 radical (unpaired) electrons. The van der Waals surface area contributed by atoms with Crippen LogP contribution in [0.25, 0.3) is 11.0 Å². The predicted octanol–water partition coefficient (Wildman–Crippen LogP) is -0.244. The Morgan fingerprint density at radius 3 is 3.18 bits per heavy atom. The van der Waals surface area contributed by atoms with Gasteiger partial charge in [0.25, 0.3) is 5.88 Å². The Balaban J connectivity index is 2.79. The van der Waals surface area contributed by atoms with Gasteiger partial charge in [0.15, 0.2) is 5.52 Å². The Morgan fingerprint density at radius 2 is 2.36 bits per heavy atom. The van der Waals surface area contributed by atoms with Crippen molar-refractivity contribution in [2.75, 3.05) is 7.11 Å². The van der Waals surface area contributed by atoms with Crippen molar-refractivity contribution in [2.24, 2.45) is 0 Å². The second-order valence-corrected chi connectivity index (χ2v) is 1.91. The highest BCUT2D eigenvalue weighted by Gasteiger charge is 2.05. The third-order valence-electron chi connectivity index (χ3n) is 1.30. The molecule has 0 spiro atoms. The fraction of sp³-hybridized carbons (Fsp3) is 0.200. The second kappa shape index (κ2) is 2.15. The van der Waals surface area contributed by atoms with Crippen LogP contribution in [0, 0.1) is 0 Å². The standard InChI is InChI=1S/C5H5N5O/c1-11-5-4-3(2-6-9-5)7-10-8-4/h2H,1H3,(H,7,8,10). The number of methoxy groups -OCH3 is 1. The van der Waals surface area contributed by atoms with E-state index >= 15 is 0 Å². The molecule has 0 saturated heterocycles. The molecule has 1 N–H and O–H groups in total. The van der Waals surface area contributed by atoms with Crippen LogP contribution < -0.4 is 4.74 Å². The number of hydrogen-bond donors (Lipinski definition) is 1. The number of hydrogen-bond acceptors (Lipinski definition) is 5. The van der Waals surface area contributed by atoms with Crippen LogP contribution in [0.5, 0.6) is 5.88 Å². The molecule has 0 fully saturated rings. The molecule has 0 unspecified atom stereocenters. The van der Waals surface area contributed by atoms with E-state index in [4.69, 9.17) is 4.74 Å². The summed E-state index contributed by atoms with van der Waals surface area (Å²) in [6.45, 7) is 0. The molecule has 0 amide bonds. The van der Waals surface area contributed by atoms with E-state index in [0.717, 1.165) is 0 Å². The van der Waals surface area contributed by atoms with Crippen molar-refractivity contribution >= 4 is 11.0 Å². The van der Waals surface area contributed by atoms with Crippen molar-refractivity contribution in [3.8, 4) is 5.88 Å². The van der Waals surface area contributed by atoms with E-state index in [2.05, 4.69) is 25.6 Å². The zero-order chi connectivity index (χ0) is 7.68. The predicted molar refractivity (Wildman–Crippen MR) is 36.0 cm³/mol. The van der Waals surface area contributed by atoms with Crippen molar-refractivity contribution in [3.05, 3.63) is 6.20 Å². The molecule has 0 aliphatic heterocycles. The smallest absolute Gasteiger partial charge is 0.263 e. The molecule has 56 valence electrons. The van der Waals surface area contributed by atoms with Gasteiger partial charge in [-0.05, 0) is 0 Å². The SMILES string of the molecule is COc1nncc2n[nH]nc12. The monoisotopic (exact) mass is 151 g/mol. The number of ether oxygens (including phenoxy) is 1. The zero-order valence-corrected chi connectivity index (χ0v) is 5.77. The molecule has 0 saturated carbocycles. The Hall–Kier alpha value is -1.72. The fourth-order valence-electron chi connectivity index (χ4n) is 0.807. The van der Waals surface area contributed by atoms with Gasteiger partial charge in [-0.1, -0.05) is 0 Å².